The second kappa shape index (κ2) is 7.15. The Kier molecular flexibility index (Phi) is 4.26. The molecule has 0 aliphatic carbocycles. The van der Waals surface area contributed by atoms with Crippen molar-refractivity contribution in [2.75, 3.05) is 18.0 Å². The minimum Gasteiger partial charge on any atom is -0.361 e. The molecule has 1 spiro atoms. The van der Waals surface area contributed by atoms with Gasteiger partial charge in [0.15, 0.2) is 0 Å². The first-order chi connectivity index (χ1) is 15.2. The quantitative estimate of drug-likeness (QED) is 0.516. The van der Waals surface area contributed by atoms with Gasteiger partial charge in [0.05, 0.1) is 11.0 Å². The Morgan fingerprint density at radius 1 is 0.968 bits per heavy atom. The number of benzene rings is 2. The van der Waals surface area contributed by atoms with E-state index in [1.54, 1.807) is 0 Å². The fourth-order valence-electron chi connectivity index (χ4n) is 5.56. The second-order valence-electron chi connectivity index (χ2n) is 8.98. The van der Waals surface area contributed by atoms with Crippen LogP contribution in [0.1, 0.15) is 37.7 Å². The molecule has 4 aromatic rings. The summed E-state index contributed by atoms with van der Waals surface area (Å²) in [6, 6.07) is 16.6. The molecule has 158 valence electrons. The van der Waals surface area contributed by atoms with E-state index in [2.05, 4.69) is 50.1 Å². The summed E-state index contributed by atoms with van der Waals surface area (Å²) >= 11 is 0. The van der Waals surface area contributed by atoms with Gasteiger partial charge in [-0.15, -0.1) is 0 Å². The van der Waals surface area contributed by atoms with Crippen LogP contribution in [0.2, 0.25) is 0 Å². The molecule has 2 aromatic heterocycles. The summed E-state index contributed by atoms with van der Waals surface area (Å²) < 4.78 is 0. The third-order valence-corrected chi connectivity index (χ3v) is 7.29. The molecule has 0 unspecified atom stereocenters. The summed E-state index contributed by atoms with van der Waals surface area (Å²) in [4.78, 5) is 29.2. The van der Waals surface area contributed by atoms with Gasteiger partial charge < -0.3 is 19.8 Å². The van der Waals surface area contributed by atoms with Crippen molar-refractivity contribution in [2.24, 2.45) is 0 Å². The molecule has 2 saturated heterocycles. The summed E-state index contributed by atoms with van der Waals surface area (Å²) in [6.45, 7) is 2.52. The van der Waals surface area contributed by atoms with E-state index in [-0.39, 0.29) is 5.54 Å². The summed E-state index contributed by atoms with van der Waals surface area (Å²) in [7, 11) is 0. The Morgan fingerprint density at radius 3 is 2.68 bits per heavy atom. The van der Waals surface area contributed by atoms with Crippen LogP contribution in [0.3, 0.4) is 0 Å². The Morgan fingerprint density at radius 2 is 1.81 bits per heavy atom. The molecular weight excluding hydrogens is 386 g/mol. The van der Waals surface area contributed by atoms with Gasteiger partial charge in [-0.2, -0.15) is 0 Å². The van der Waals surface area contributed by atoms with Gasteiger partial charge in [-0.05, 0) is 55.5 Å². The molecule has 0 radical (unpaired) electrons. The molecule has 4 heterocycles. The molecule has 2 aliphatic heterocycles. The van der Waals surface area contributed by atoms with Crippen molar-refractivity contribution in [3.63, 3.8) is 0 Å². The first-order valence-corrected chi connectivity index (χ1v) is 11.3. The van der Waals surface area contributed by atoms with Crippen LogP contribution in [-0.2, 0) is 11.3 Å². The van der Waals surface area contributed by atoms with Crippen molar-refractivity contribution >= 4 is 33.8 Å². The first kappa shape index (κ1) is 18.5. The van der Waals surface area contributed by atoms with E-state index < -0.39 is 0 Å². The molecule has 0 saturated carbocycles. The van der Waals surface area contributed by atoms with Crippen molar-refractivity contribution in [2.45, 2.75) is 44.2 Å². The van der Waals surface area contributed by atoms with Gasteiger partial charge in [-0.25, -0.2) is 4.98 Å². The number of imidazole rings is 1. The van der Waals surface area contributed by atoms with Gasteiger partial charge >= 0.3 is 0 Å². The first-order valence-electron chi connectivity index (χ1n) is 11.3. The summed E-state index contributed by atoms with van der Waals surface area (Å²) in [5.74, 6) is 1.25. The summed E-state index contributed by atoms with van der Waals surface area (Å²) in [5, 5.41) is 1.22. The van der Waals surface area contributed by atoms with Gasteiger partial charge in [0, 0.05) is 48.7 Å². The van der Waals surface area contributed by atoms with E-state index in [0.717, 1.165) is 61.3 Å². The number of rotatable bonds is 3. The molecule has 0 bridgehead atoms. The maximum Gasteiger partial charge on any atom is 0.223 e. The Balaban J connectivity index is 1.26. The fraction of sp³-hybridized carbons (Fsp3) is 0.360. The molecule has 2 N–H and O–H groups in total. The zero-order chi connectivity index (χ0) is 20.8. The molecule has 6 heteroatoms. The van der Waals surface area contributed by atoms with Crippen molar-refractivity contribution in [1.82, 2.24) is 19.9 Å². The standard InChI is InChI=1S/C25H27N5O/c31-23-9-4-11-25(30(23)17-18-5-3-8-20-19(18)10-14-26-20)12-15-29(16-13-25)24-27-21-6-1-2-7-22(21)28-24/h1-3,5-8,10,14,26H,4,9,11-13,15-17H2,(H,27,28). The molecule has 2 aromatic carbocycles. The molecular formula is C25H27N5O. The van der Waals surface area contributed by atoms with Gasteiger partial charge in [0.1, 0.15) is 0 Å². The van der Waals surface area contributed by atoms with Crippen LogP contribution in [0.4, 0.5) is 5.95 Å². The van der Waals surface area contributed by atoms with Gasteiger partial charge in [-0.3, -0.25) is 4.79 Å². The molecule has 2 aliphatic rings. The van der Waals surface area contributed by atoms with Crippen molar-refractivity contribution in [3.8, 4) is 0 Å². The predicted octanol–water partition coefficient (Wildman–Crippen LogP) is 4.60. The van der Waals surface area contributed by atoms with Crippen molar-refractivity contribution < 1.29 is 4.79 Å². The number of hydrogen-bond donors (Lipinski definition) is 2. The summed E-state index contributed by atoms with van der Waals surface area (Å²) in [5.41, 5.74) is 4.40. The molecule has 0 atom stereocenters. The van der Waals surface area contributed by atoms with Crippen molar-refractivity contribution in [3.05, 3.63) is 60.3 Å². The van der Waals surface area contributed by atoms with Crippen LogP contribution in [0.5, 0.6) is 0 Å². The molecule has 2 fully saturated rings. The van der Waals surface area contributed by atoms with E-state index in [1.165, 1.54) is 10.9 Å². The average Bonchev–Trinajstić information content (AvgIpc) is 3.44. The van der Waals surface area contributed by atoms with Gasteiger partial charge in [0.2, 0.25) is 11.9 Å². The number of aromatic amines is 2. The lowest BCUT2D eigenvalue weighted by Gasteiger charge is -2.51. The predicted molar refractivity (Wildman–Crippen MR) is 123 cm³/mol. The van der Waals surface area contributed by atoms with E-state index >= 15 is 0 Å². The Labute approximate surface area is 181 Å². The van der Waals surface area contributed by atoms with Crippen LogP contribution in [0.15, 0.2) is 54.7 Å². The zero-order valence-electron chi connectivity index (χ0n) is 17.6. The van der Waals surface area contributed by atoms with Crippen LogP contribution >= 0.6 is 0 Å². The zero-order valence-corrected chi connectivity index (χ0v) is 17.6. The highest BCUT2D eigenvalue weighted by Gasteiger charge is 2.44. The molecule has 6 rings (SSSR count). The van der Waals surface area contributed by atoms with E-state index in [4.69, 9.17) is 4.98 Å². The number of nitrogens with zero attached hydrogens (tertiary/aromatic N) is 3. The molecule has 6 nitrogen and oxygen atoms in total. The number of fused-ring (bicyclic) bond motifs is 2. The number of piperidine rings is 2. The van der Waals surface area contributed by atoms with Gasteiger partial charge in [0.25, 0.3) is 0 Å². The average molecular weight is 414 g/mol. The highest BCUT2D eigenvalue weighted by molar-refractivity contribution is 5.84. The van der Waals surface area contributed by atoms with Crippen LogP contribution in [-0.4, -0.2) is 44.4 Å². The number of H-pyrrole nitrogens is 2. The van der Waals surface area contributed by atoms with Crippen LogP contribution in [0, 0.1) is 0 Å². The molecule has 31 heavy (non-hydrogen) atoms. The number of carbonyl (C=O) groups is 1. The summed E-state index contributed by atoms with van der Waals surface area (Å²) in [6.07, 6.45) is 6.70. The number of amides is 1. The number of carbonyl (C=O) groups excluding carboxylic acids is 1. The number of para-hydroxylation sites is 2. The van der Waals surface area contributed by atoms with E-state index in [9.17, 15) is 4.79 Å². The number of anilines is 1. The maximum absolute atomic E-state index is 13.1. The number of aromatic nitrogens is 3. The normalized spacial score (nSPS) is 19.0. The topological polar surface area (TPSA) is 68.0 Å². The maximum atomic E-state index is 13.1. The lowest BCUT2D eigenvalue weighted by atomic mass is 9.78. The minimum absolute atomic E-state index is 0.0453. The lowest BCUT2D eigenvalue weighted by molar-refractivity contribution is -0.144. The monoisotopic (exact) mass is 413 g/mol. The SMILES string of the molecule is O=C1CCCC2(CCN(c3nc4ccccc4[nH]3)CC2)N1Cc1cccc2[nH]ccc12. The highest BCUT2D eigenvalue weighted by Crippen LogP contribution is 2.40. The van der Waals surface area contributed by atoms with E-state index in [0.29, 0.717) is 18.9 Å². The Bertz CT molecular complexity index is 1210. The van der Waals surface area contributed by atoms with Gasteiger partial charge in [-0.1, -0.05) is 24.3 Å². The smallest absolute Gasteiger partial charge is 0.223 e. The second-order valence-corrected chi connectivity index (χ2v) is 8.98. The van der Waals surface area contributed by atoms with Crippen molar-refractivity contribution in [1.29, 1.82) is 0 Å². The number of likely N-dealkylation sites (tertiary alicyclic amines) is 1. The third-order valence-electron chi connectivity index (χ3n) is 7.29. The lowest BCUT2D eigenvalue weighted by Crippen LogP contribution is -2.59. The Hall–Kier alpha value is -3.28. The largest absolute Gasteiger partial charge is 0.361 e. The molecule has 1 amide bonds. The fourth-order valence-corrected chi connectivity index (χ4v) is 5.56. The number of nitrogens with one attached hydrogen (secondary N) is 2. The highest BCUT2D eigenvalue weighted by atomic mass is 16.2. The van der Waals surface area contributed by atoms with E-state index in [1.807, 2.05) is 24.4 Å². The number of hydrogen-bond acceptors (Lipinski definition) is 3. The third kappa shape index (κ3) is 3.09. The minimum atomic E-state index is -0.0453. The van der Waals surface area contributed by atoms with Crippen LogP contribution in [0.25, 0.3) is 21.9 Å². The van der Waals surface area contributed by atoms with Crippen LogP contribution < -0.4 is 4.90 Å².